The molecule has 4 heteroatoms. The van der Waals surface area contributed by atoms with Crippen molar-refractivity contribution in [2.75, 3.05) is 7.11 Å². The van der Waals surface area contributed by atoms with Crippen LogP contribution in [0.4, 0.5) is 0 Å². The van der Waals surface area contributed by atoms with Crippen molar-refractivity contribution in [2.24, 2.45) is 0 Å². The van der Waals surface area contributed by atoms with Crippen LogP contribution in [0.5, 0.6) is 17.4 Å². The highest BCUT2D eigenvalue weighted by Crippen LogP contribution is 2.38. The molecule has 0 saturated carbocycles. The number of methoxy groups -OCH3 is 1. The predicted molar refractivity (Wildman–Crippen MR) is 84.0 cm³/mol. The molecule has 0 bridgehead atoms. The summed E-state index contributed by atoms with van der Waals surface area (Å²) in [6.45, 7) is 8.07. The fourth-order valence-electron chi connectivity index (χ4n) is 2.27. The number of rotatable bonds is 3. The Balaban J connectivity index is 2.50. The molecule has 0 aliphatic heterocycles. The minimum absolute atomic E-state index is 0.481. The molecule has 2 rings (SSSR count). The Morgan fingerprint density at radius 1 is 0.950 bits per heavy atom. The van der Waals surface area contributed by atoms with Crippen LogP contribution in [-0.4, -0.2) is 12.1 Å². The van der Waals surface area contributed by atoms with Crippen LogP contribution in [0, 0.1) is 27.7 Å². The lowest BCUT2D eigenvalue weighted by Crippen LogP contribution is -1.99. The average molecular weight is 336 g/mol. The maximum Gasteiger partial charge on any atom is 0.263 e. The molecule has 0 spiro atoms. The van der Waals surface area contributed by atoms with Gasteiger partial charge >= 0.3 is 0 Å². The highest BCUT2D eigenvalue weighted by atomic mass is 79.9. The topological polar surface area (TPSA) is 31.4 Å². The van der Waals surface area contributed by atoms with Gasteiger partial charge in [-0.1, -0.05) is 17.7 Å². The van der Waals surface area contributed by atoms with E-state index in [2.05, 4.69) is 40.0 Å². The van der Waals surface area contributed by atoms with Gasteiger partial charge in [0.25, 0.3) is 5.88 Å². The van der Waals surface area contributed by atoms with Crippen molar-refractivity contribution >= 4 is 15.9 Å². The second kappa shape index (κ2) is 5.83. The lowest BCUT2D eigenvalue weighted by atomic mass is 10.1. The van der Waals surface area contributed by atoms with E-state index in [1.807, 2.05) is 26.8 Å². The van der Waals surface area contributed by atoms with Crippen molar-refractivity contribution < 1.29 is 9.47 Å². The molecule has 1 aromatic heterocycles. The molecule has 3 nitrogen and oxygen atoms in total. The van der Waals surface area contributed by atoms with Crippen LogP contribution in [0.3, 0.4) is 0 Å². The van der Waals surface area contributed by atoms with E-state index >= 15 is 0 Å². The first kappa shape index (κ1) is 14.9. The monoisotopic (exact) mass is 335 g/mol. The van der Waals surface area contributed by atoms with E-state index in [0.717, 1.165) is 27.0 Å². The van der Waals surface area contributed by atoms with Gasteiger partial charge in [-0.15, -0.1) is 0 Å². The molecule has 0 amide bonds. The fourth-order valence-corrected chi connectivity index (χ4v) is 2.94. The molecule has 20 heavy (non-hydrogen) atoms. The molecule has 0 N–H and O–H groups in total. The Kier molecular flexibility index (Phi) is 4.33. The first-order valence-corrected chi connectivity index (χ1v) is 7.18. The second-order valence-corrected chi connectivity index (χ2v) is 5.77. The molecule has 1 heterocycles. The van der Waals surface area contributed by atoms with Crippen LogP contribution in [0.25, 0.3) is 0 Å². The van der Waals surface area contributed by atoms with Gasteiger partial charge in [-0.05, 0) is 60.8 Å². The number of aromatic nitrogens is 1. The normalized spacial score (nSPS) is 10.5. The van der Waals surface area contributed by atoms with Crippen molar-refractivity contribution in [1.29, 1.82) is 0 Å². The summed E-state index contributed by atoms with van der Waals surface area (Å²) < 4.78 is 12.2. The quantitative estimate of drug-likeness (QED) is 0.801. The van der Waals surface area contributed by atoms with Crippen molar-refractivity contribution in [1.82, 2.24) is 4.98 Å². The van der Waals surface area contributed by atoms with Gasteiger partial charge in [-0.25, -0.2) is 4.98 Å². The predicted octanol–water partition coefficient (Wildman–Crippen LogP) is 4.88. The summed E-state index contributed by atoms with van der Waals surface area (Å²) in [7, 11) is 1.61. The molecular weight excluding hydrogens is 318 g/mol. The molecule has 0 aliphatic carbocycles. The molecule has 1 aromatic carbocycles. The number of nitrogens with zero attached hydrogens (tertiary/aromatic N) is 1. The van der Waals surface area contributed by atoms with Gasteiger partial charge < -0.3 is 9.47 Å². The van der Waals surface area contributed by atoms with Gasteiger partial charge in [0.05, 0.1) is 11.6 Å². The van der Waals surface area contributed by atoms with E-state index in [0.29, 0.717) is 11.6 Å². The van der Waals surface area contributed by atoms with Gasteiger partial charge in [-0.3, -0.25) is 0 Å². The Morgan fingerprint density at radius 3 is 2.10 bits per heavy atom. The van der Waals surface area contributed by atoms with Crippen LogP contribution >= 0.6 is 15.9 Å². The minimum atomic E-state index is 0.481. The van der Waals surface area contributed by atoms with Crippen molar-refractivity contribution in [3.8, 4) is 17.4 Å². The molecule has 0 unspecified atom stereocenters. The van der Waals surface area contributed by atoms with E-state index in [9.17, 15) is 0 Å². The van der Waals surface area contributed by atoms with E-state index in [1.54, 1.807) is 7.11 Å². The van der Waals surface area contributed by atoms with E-state index in [-0.39, 0.29) is 0 Å². The Hall–Kier alpha value is -1.55. The van der Waals surface area contributed by atoms with Crippen LogP contribution in [0.1, 0.15) is 22.4 Å². The van der Waals surface area contributed by atoms with Crippen LogP contribution < -0.4 is 9.47 Å². The van der Waals surface area contributed by atoms with Gasteiger partial charge in [0.1, 0.15) is 5.75 Å². The van der Waals surface area contributed by atoms with Gasteiger partial charge in [-0.2, -0.15) is 0 Å². The van der Waals surface area contributed by atoms with Gasteiger partial charge in [0.15, 0.2) is 5.75 Å². The molecule has 0 atom stereocenters. The minimum Gasteiger partial charge on any atom is -0.490 e. The summed E-state index contributed by atoms with van der Waals surface area (Å²) in [4.78, 5) is 4.43. The highest BCUT2D eigenvalue weighted by Gasteiger charge is 2.15. The molecule has 0 radical (unpaired) electrons. The van der Waals surface area contributed by atoms with Crippen LogP contribution in [0.2, 0.25) is 0 Å². The van der Waals surface area contributed by atoms with Gasteiger partial charge in [0.2, 0.25) is 0 Å². The molecule has 0 saturated heterocycles. The fraction of sp³-hybridized carbons (Fsp3) is 0.312. The Labute approximate surface area is 128 Å². The van der Waals surface area contributed by atoms with Crippen LogP contribution in [-0.2, 0) is 0 Å². The number of ether oxygens (including phenoxy) is 2. The summed E-state index contributed by atoms with van der Waals surface area (Å²) in [6, 6.07) is 6.10. The number of aryl methyl sites for hydroxylation is 4. The largest absolute Gasteiger partial charge is 0.490 e. The number of hydrogen-bond donors (Lipinski definition) is 0. The average Bonchev–Trinajstić information content (AvgIpc) is 2.33. The SMILES string of the molecule is COc1c(Br)cc(C)nc1Oc1c(C)cc(C)cc1C. The maximum atomic E-state index is 6.01. The van der Waals surface area contributed by atoms with Crippen molar-refractivity contribution in [3.63, 3.8) is 0 Å². The Morgan fingerprint density at radius 2 is 1.55 bits per heavy atom. The summed E-state index contributed by atoms with van der Waals surface area (Å²) in [5.74, 6) is 1.92. The highest BCUT2D eigenvalue weighted by molar-refractivity contribution is 9.10. The molecule has 0 fully saturated rings. The molecular formula is C16H18BrNO2. The summed E-state index contributed by atoms with van der Waals surface area (Å²) in [5, 5.41) is 0. The number of halogens is 1. The molecule has 0 aliphatic rings. The third-order valence-electron chi connectivity index (χ3n) is 3.03. The Bertz CT molecular complexity index is 630. The van der Waals surface area contributed by atoms with E-state index < -0.39 is 0 Å². The second-order valence-electron chi connectivity index (χ2n) is 4.91. The lowest BCUT2D eigenvalue weighted by Gasteiger charge is -2.15. The maximum absolute atomic E-state index is 6.01. The zero-order chi connectivity index (χ0) is 14.9. The smallest absolute Gasteiger partial charge is 0.263 e. The van der Waals surface area contributed by atoms with E-state index in [4.69, 9.17) is 9.47 Å². The molecule has 106 valence electrons. The lowest BCUT2D eigenvalue weighted by molar-refractivity contribution is 0.365. The first-order valence-electron chi connectivity index (χ1n) is 6.39. The third kappa shape index (κ3) is 2.96. The molecule has 2 aromatic rings. The third-order valence-corrected chi connectivity index (χ3v) is 3.62. The number of benzene rings is 1. The van der Waals surface area contributed by atoms with Crippen molar-refractivity contribution in [2.45, 2.75) is 27.7 Å². The summed E-state index contributed by atoms with van der Waals surface area (Å²) >= 11 is 3.48. The number of hydrogen-bond acceptors (Lipinski definition) is 3. The number of pyridine rings is 1. The van der Waals surface area contributed by atoms with Crippen LogP contribution in [0.15, 0.2) is 22.7 Å². The first-order chi connectivity index (χ1) is 9.42. The summed E-state index contributed by atoms with van der Waals surface area (Å²) in [5.41, 5.74) is 4.26. The van der Waals surface area contributed by atoms with Crippen molar-refractivity contribution in [3.05, 3.63) is 45.1 Å². The van der Waals surface area contributed by atoms with Gasteiger partial charge in [0, 0.05) is 5.69 Å². The zero-order valence-corrected chi connectivity index (χ0v) is 14.0. The zero-order valence-electron chi connectivity index (χ0n) is 12.4. The standard InChI is InChI=1S/C16H18BrNO2/c1-9-6-10(2)14(11(3)7-9)20-16-15(19-5)13(17)8-12(4)18-16/h6-8H,1-5H3. The van der Waals surface area contributed by atoms with E-state index in [1.165, 1.54) is 5.56 Å². The summed E-state index contributed by atoms with van der Waals surface area (Å²) in [6.07, 6.45) is 0.